The zero-order valence-corrected chi connectivity index (χ0v) is 26.2. The molecule has 220 valence electrons. The first-order chi connectivity index (χ1) is 20.0. The van der Waals surface area contributed by atoms with Gasteiger partial charge in [-0.3, -0.25) is 24.1 Å². The maximum absolute atomic E-state index is 14.1. The molecule has 4 aliphatic rings. The van der Waals surface area contributed by atoms with Crippen molar-refractivity contribution in [3.63, 3.8) is 0 Å². The van der Waals surface area contributed by atoms with E-state index in [1.807, 2.05) is 13.0 Å². The number of carbonyl (C=O) groups excluding carboxylic acids is 4. The highest BCUT2D eigenvalue weighted by molar-refractivity contribution is 9.09. The van der Waals surface area contributed by atoms with Crippen molar-refractivity contribution in [2.24, 2.45) is 17.8 Å². The van der Waals surface area contributed by atoms with E-state index in [9.17, 15) is 19.2 Å². The Hall–Kier alpha value is -2.43. The molecule has 2 heterocycles. The Morgan fingerprint density at radius 1 is 1.02 bits per heavy atom. The summed E-state index contributed by atoms with van der Waals surface area (Å²) in [6, 6.07) is 11.9. The molecule has 0 bridgehead atoms. The third-order valence-corrected chi connectivity index (χ3v) is 11.3. The number of benzene rings is 2. The van der Waals surface area contributed by atoms with E-state index in [2.05, 4.69) is 15.9 Å². The van der Waals surface area contributed by atoms with Gasteiger partial charge in [-0.05, 0) is 61.1 Å². The molecule has 2 aromatic carbocycles. The fourth-order valence-corrected chi connectivity index (χ4v) is 8.62. The van der Waals surface area contributed by atoms with Crippen molar-refractivity contribution in [1.29, 1.82) is 0 Å². The fourth-order valence-electron chi connectivity index (χ4n) is 7.02. The highest BCUT2D eigenvalue weighted by Crippen LogP contribution is 2.65. The van der Waals surface area contributed by atoms with Crippen LogP contribution in [0.2, 0.25) is 5.02 Å². The van der Waals surface area contributed by atoms with Gasteiger partial charge in [-0.15, -0.1) is 23.2 Å². The Labute approximate surface area is 265 Å². The first-order valence-corrected chi connectivity index (χ1v) is 15.7. The smallest absolute Gasteiger partial charge is 0.254 e. The van der Waals surface area contributed by atoms with Crippen LogP contribution < -0.4 is 9.64 Å². The number of aliphatic hydroxyl groups excluding tert-OH is 1. The van der Waals surface area contributed by atoms with Crippen molar-refractivity contribution < 1.29 is 29.0 Å². The lowest BCUT2D eigenvalue weighted by molar-refractivity contribution is -0.138. The number of aryl methyl sites for hydroxylation is 1. The Kier molecular flexibility index (Phi) is 7.50. The third-order valence-electron chi connectivity index (χ3n) is 9.00. The summed E-state index contributed by atoms with van der Waals surface area (Å²) in [6.07, 6.45) is 2.06. The molecule has 42 heavy (non-hydrogen) atoms. The highest BCUT2D eigenvalue weighted by atomic mass is 79.9. The topological polar surface area (TPSA) is 104 Å². The second-order valence-corrected chi connectivity index (χ2v) is 13.2. The van der Waals surface area contributed by atoms with Crippen molar-refractivity contribution in [3.05, 3.63) is 70.3 Å². The number of allylic oxidation sites excluding steroid dienone is 2. The zero-order chi connectivity index (χ0) is 30.1. The summed E-state index contributed by atoms with van der Waals surface area (Å²) in [6.45, 7) is 1.78. The van der Waals surface area contributed by atoms with Crippen LogP contribution >= 0.6 is 50.7 Å². The van der Waals surface area contributed by atoms with Gasteiger partial charge in [0.05, 0.1) is 29.6 Å². The van der Waals surface area contributed by atoms with Gasteiger partial charge in [0.1, 0.15) is 12.4 Å². The number of hydrogen-bond acceptors (Lipinski definition) is 6. The SMILES string of the molecule is Cc1ccc(N2C(=O)[C@H]3[C@H](CC=C4[C@H]3C[C@@]3(Cl)C(=O)N(CBr)C(=O)[C@@]3(Cl)[C@H]4c3ccc(OCCO)cc3)C2=O)cc1Cl. The molecule has 6 rings (SSSR count). The molecule has 0 spiro atoms. The number of alkyl halides is 3. The average Bonchev–Trinajstić information content (AvgIpc) is 3.31. The molecule has 1 saturated carbocycles. The summed E-state index contributed by atoms with van der Waals surface area (Å²) in [4.78, 5) is 53.8. The fraction of sp³-hybridized carbons (Fsp3) is 0.400. The molecule has 0 aromatic heterocycles. The first-order valence-electron chi connectivity index (χ1n) is 13.5. The number of halogens is 4. The number of rotatable bonds is 6. The van der Waals surface area contributed by atoms with E-state index in [1.165, 1.54) is 4.90 Å². The maximum Gasteiger partial charge on any atom is 0.254 e. The van der Waals surface area contributed by atoms with E-state index < -0.39 is 51.1 Å². The van der Waals surface area contributed by atoms with Crippen LogP contribution in [0.15, 0.2) is 54.1 Å². The minimum absolute atomic E-state index is 0.0885. The largest absolute Gasteiger partial charge is 0.491 e. The van der Waals surface area contributed by atoms with E-state index in [0.29, 0.717) is 27.6 Å². The van der Waals surface area contributed by atoms with Gasteiger partial charge in [0.25, 0.3) is 11.8 Å². The number of likely N-dealkylation sites (tertiary alicyclic amines) is 1. The van der Waals surface area contributed by atoms with Gasteiger partial charge in [-0.1, -0.05) is 57.4 Å². The Balaban J connectivity index is 1.47. The van der Waals surface area contributed by atoms with Crippen LogP contribution in [0, 0.1) is 24.7 Å². The van der Waals surface area contributed by atoms with Gasteiger partial charge in [-0.25, -0.2) is 4.90 Å². The number of imide groups is 2. The molecule has 0 radical (unpaired) electrons. The minimum atomic E-state index is -1.88. The van der Waals surface area contributed by atoms with Gasteiger partial charge >= 0.3 is 0 Å². The van der Waals surface area contributed by atoms with Crippen LogP contribution in [0.1, 0.15) is 29.9 Å². The maximum atomic E-state index is 14.1. The predicted molar refractivity (Wildman–Crippen MR) is 161 cm³/mol. The molecule has 2 saturated heterocycles. The van der Waals surface area contributed by atoms with Crippen molar-refractivity contribution in [2.45, 2.75) is 35.4 Å². The van der Waals surface area contributed by atoms with Gasteiger partial charge in [-0.2, -0.15) is 0 Å². The minimum Gasteiger partial charge on any atom is -0.491 e. The van der Waals surface area contributed by atoms with Crippen LogP contribution in [0.25, 0.3) is 0 Å². The first kappa shape index (κ1) is 29.6. The van der Waals surface area contributed by atoms with Crippen molar-refractivity contribution in [3.8, 4) is 5.75 Å². The second-order valence-electron chi connectivity index (χ2n) is 11.1. The molecule has 3 fully saturated rings. The van der Waals surface area contributed by atoms with Crippen LogP contribution in [-0.4, -0.2) is 62.1 Å². The second kappa shape index (κ2) is 10.6. The molecule has 8 nitrogen and oxygen atoms in total. The number of anilines is 1. The summed E-state index contributed by atoms with van der Waals surface area (Å²) >= 11 is 24.1. The molecular formula is C30H26BrCl3N2O6. The summed E-state index contributed by atoms with van der Waals surface area (Å²) < 4.78 is 5.50. The number of carbonyl (C=O) groups is 4. The molecule has 2 aliphatic heterocycles. The van der Waals surface area contributed by atoms with E-state index in [0.717, 1.165) is 10.5 Å². The molecule has 2 aromatic rings. The average molecular weight is 697 g/mol. The van der Waals surface area contributed by atoms with E-state index in [-0.39, 0.29) is 37.4 Å². The summed E-state index contributed by atoms with van der Waals surface area (Å²) in [5.74, 6) is -4.47. The molecule has 1 N–H and O–H groups in total. The van der Waals surface area contributed by atoms with Gasteiger partial charge in [0.15, 0.2) is 9.75 Å². The zero-order valence-electron chi connectivity index (χ0n) is 22.4. The van der Waals surface area contributed by atoms with Crippen LogP contribution in [-0.2, 0) is 19.2 Å². The normalized spacial score (nSPS) is 32.1. The van der Waals surface area contributed by atoms with Gasteiger partial charge in [0.2, 0.25) is 11.8 Å². The Bertz CT molecular complexity index is 1550. The van der Waals surface area contributed by atoms with E-state index >= 15 is 0 Å². The number of aliphatic hydroxyl groups is 1. The number of ether oxygens (including phenoxy) is 1. The highest BCUT2D eigenvalue weighted by Gasteiger charge is 2.76. The third kappa shape index (κ3) is 4.04. The van der Waals surface area contributed by atoms with Gasteiger partial charge in [0, 0.05) is 10.9 Å². The van der Waals surface area contributed by atoms with Crippen LogP contribution in [0.5, 0.6) is 5.75 Å². The quantitative estimate of drug-likeness (QED) is 0.199. The molecular weight excluding hydrogens is 671 g/mol. The Morgan fingerprint density at radius 3 is 2.38 bits per heavy atom. The van der Waals surface area contributed by atoms with E-state index in [4.69, 9.17) is 44.6 Å². The monoisotopic (exact) mass is 694 g/mol. The number of hydrogen-bond donors (Lipinski definition) is 1. The van der Waals surface area contributed by atoms with Gasteiger partial charge < -0.3 is 9.84 Å². The number of nitrogens with zero attached hydrogens (tertiary/aromatic N) is 2. The summed E-state index contributed by atoms with van der Waals surface area (Å²) in [5.41, 5.74) is 2.41. The van der Waals surface area contributed by atoms with E-state index in [1.54, 1.807) is 42.5 Å². The predicted octanol–water partition coefficient (Wildman–Crippen LogP) is 4.94. The number of amides is 4. The lowest BCUT2D eigenvalue weighted by Gasteiger charge is -2.50. The summed E-state index contributed by atoms with van der Waals surface area (Å²) in [5, 5.41) is 9.54. The standard InChI is InChI=1S/C30H26BrCl3N2O6/c1-15-2-5-17(12-22(15)32)36-25(38)20-9-8-19-21(23(20)26(36)39)13-29(33)27(40)35(14-31)28(41)30(29,34)24(19)16-3-6-18(7-4-16)42-11-10-37/h2-8,12,20-21,23-24,37H,9-11,13-14H2,1H3/t20-,21+,23-,24-,29+,30-/m0/s1. The lowest BCUT2D eigenvalue weighted by Crippen LogP contribution is -2.60. The molecule has 6 atom stereocenters. The lowest BCUT2D eigenvalue weighted by atomic mass is 9.56. The number of fused-ring (bicyclic) bond motifs is 4. The molecule has 12 heteroatoms. The van der Waals surface area contributed by atoms with Crippen molar-refractivity contribution >= 4 is 80.0 Å². The van der Waals surface area contributed by atoms with Crippen LogP contribution in [0.4, 0.5) is 5.69 Å². The van der Waals surface area contributed by atoms with Crippen LogP contribution in [0.3, 0.4) is 0 Å². The van der Waals surface area contributed by atoms with Crippen molar-refractivity contribution in [2.75, 3.05) is 23.6 Å². The molecule has 0 unspecified atom stereocenters. The Morgan fingerprint density at radius 2 is 1.74 bits per heavy atom. The molecule has 2 aliphatic carbocycles. The summed E-state index contributed by atoms with van der Waals surface area (Å²) in [7, 11) is 0. The molecule has 4 amide bonds. The van der Waals surface area contributed by atoms with Crippen molar-refractivity contribution in [1.82, 2.24) is 4.90 Å².